The van der Waals surface area contributed by atoms with Crippen LogP contribution in [0.1, 0.15) is 32.4 Å². The van der Waals surface area contributed by atoms with E-state index in [4.69, 9.17) is 4.74 Å². The fourth-order valence-corrected chi connectivity index (χ4v) is 1.47. The van der Waals surface area contributed by atoms with Gasteiger partial charge in [0.2, 0.25) is 0 Å². The number of rotatable bonds is 4. The molecule has 0 saturated carbocycles. The fourth-order valence-electron chi connectivity index (χ4n) is 1.47. The minimum Gasteiger partial charge on any atom is -0.443 e. The molecule has 0 heterocycles. The van der Waals surface area contributed by atoms with Gasteiger partial charge in [-0.2, -0.15) is 0 Å². The Morgan fingerprint density at radius 2 is 1.94 bits per heavy atom. The van der Waals surface area contributed by atoms with Crippen LogP contribution < -0.4 is 5.32 Å². The molecule has 0 bridgehead atoms. The topological polar surface area (TPSA) is 58.6 Å². The fraction of sp³-hybridized carbons (Fsp3) is 0.462. The molecule has 2 N–H and O–H groups in total. The maximum atomic E-state index is 13.4. The number of aliphatic hydroxyl groups excluding tert-OH is 1. The molecule has 0 aliphatic carbocycles. The average Bonchev–Trinajstić information content (AvgIpc) is 2.27. The van der Waals surface area contributed by atoms with E-state index in [0.717, 1.165) is 0 Å². The lowest BCUT2D eigenvalue weighted by Crippen LogP contribution is -2.34. The molecule has 1 rings (SSSR count). The third-order valence-electron chi connectivity index (χ3n) is 2.37. The second-order valence-corrected chi connectivity index (χ2v) is 4.38. The van der Waals surface area contributed by atoms with Gasteiger partial charge in [0, 0.05) is 11.6 Å². The molecular formula is C13H18FNO3. The normalized spacial score (nSPS) is 14.1. The van der Waals surface area contributed by atoms with Crippen molar-refractivity contribution in [1.82, 2.24) is 5.32 Å². The molecule has 2 atom stereocenters. The Morgan fingerprint density at radius 1 is 1.33 bits per heavy atom. The van der Waals surface area contributed by atoms with Gasteiger partial charge in [-0.25, -0.2) is 9.18 Å². The monoisotopic (exact) mass is 255 g/mol. The summed E-state index contributed by atoms with van der Waals surface area (Å²) in [5.74, 6) is -0.523. The van der Waals surface area contributed by atoms with Crippen LogP contribution in [0.25, 0.3) is 0 Å². The first-order valence-corrected chi connectivity index (χ1v) is 5.81. The lowest BCUT2D eigenvalue weighted by Gasteiger charge is -2.21. The van der Waals surface area contributed by atoms with Gasteiger partial charge in [0.1, 0.15) is 18.0 Å². The maximum Gasteiger partial charge on any atom is 0.407 e. The first-order chi connectivity index (χ1) is 8.41. The van der Waals surface area contributed by atoms with Gasteiger partial charge in [-0.15, -0.1) is 0 Å². The van der Waals surface area contributed by atoms with Gasteiger partial charge < -0.3 is 15.2 Å². The Balaban J connectivity index is 2.64. The van der Waals surface area contributed by atoms with E-state index in [0.29, 0.717) is 0 Å². The van der Waals surface area contributed by atoms with Gasteiger partial charge in [-0.3, -0.25) is 0 Å². The molecule has 0 unspecified atom stereocenters. The van der Waals surface area contributed by atoms with E-state index in [1.54, 1.807) is 19.9 Å². The summed E-state index contributed by atoms with van der Waals surface area (Å²) in [7, 11) is 0. The highest BCUT2D eigenvalue weighted by Gasteiger charge is 2.22. The number of carbonyl (C=O) groups is 1. The summed E-state index contributed by atoms with van der Waals surface area (Å²) in [4.78, 5) is 11.3. The Kier molecular flexibility index (Phi) is 5.09. The number of benzene rings is 1. The molecular weight excluding hydrogens is 237 g/mol. The van der Waals surface area contributed by atoms with Crippen molar-refractivity contribution in [1.29, 1.82) is 0 Å². The molecule has 1 aromatic rings. The summed E-state index contributed by atoms with van der Waals surface area (Å²) in [6.07, 6.45) is -2.65. The van der Waals surface area contributed by atoms with Gasteiger partial charge in [0.15, 0.2) is 0 Å². The summed E-state index contributed by atoms with van der Waals surface area (Å²) in [5.41, 5.74) is 0.113. The number of carbonyl (C=O) groups excluding carboxylic acids is 1. The van der Waals surface area contributed by atoms with Crippen LogP contribution in [0.4, 0.5) is 9.18 Å². The lowest BCUT2D eigenvalue weighted by molar-refractivity contribution is 0.00945. The maximum absolute atomic E-state index is 13.4. The average molecular weight is 255 g/mol. The Labute approximate surface area is 106 Å². The number of halogens is 1. The molecule has 0 saturated heterocycles. The lowest BCUT2D eigenvalue weighted by atomic mass is 10.1. The van der Waals surface area contributed by atoms with E-state index < -0.39 is 24.1 Å². The van der Waals surface area contributed by atoms with Crippen LogP contribution in [0.15, 0.2) is 24.3 Å². The van der Waals surface area contributed by atoms with Gasteiger partial charge >= 0.3 is 6.09 Å². The van der Waals surface area contributed by atoms with E-state index >= 15 is 0 Å². The number of hydrogen-bond acceptors (Lipinski definition) is 3. The Hall–Kier alpha value is -1.62. The van der Waals surface area contributed by atoms with E-state index in [9.17, 15) is 14.3 Å². The highest BCUT2D eigenvalue weighted by molar-refractivity contribution is 5.67. The van der Waals surface area contributed by atoms with Crippen LogP contribution in [0.3, 0.4) is 0 Å². The zero-order chi connectivity index (χ0) is 13.7. The zero-order valence-corrected chi connectivity index (χ0v) is 10.7. The van der Waals surface area contributed by atoms with Crippen LogP contribution in [0, 0.1) is 5.82 Å². The summed E-state index contributed by atoms with van der Waals surface area (Å²) < 4.78 is 18.4. The Morgan fingerprint density at radius 3 is 2.50 bits per heavy atom. The van der Waals surface area contributed by atoms with Crippen LogP contribution >= 0.6 is 0 Å². The minimum absolute atomic E-state index is 0.0599. The van der Waals surface area contributed by atoms with E-state index in [-0.39, 0.29) is 11.6 Å². The van der Waals surface area contributed by atoms with E-state index in [1.165, 1.54) is 25.1 Å². The van der Waals surface area contributed by atoms with E-state index in [1.807, 2.05) is 0 Å². The van der Waals surface area contributed by atoms with Crippen molar-refractivity contribution in [3.63, 3.8) is 0 Å². The van der Waals surface area contributed by atoms with Crippen molar-refractivity contribution in [3.8, 4) is 0 Å². The molecule has 0 spiro atoms. The number of ether oxygens (including phenoxy) is 1. The predicted molar refractivity (Wildman–Crippen MR) is 65.6 cm³/mol. The zero-order valence-electron chi connectivity index (χ0n) is 10.7. The second kappa shape index (κ2) is 6.35. The number of nitrogens with one attached hydrogen (secondary N) is 1. The van der Waals surface area contributed by atoms with Crippen molar-refractivity contribution in [2.24, 2.45) is 0 Å². The minimum atomic E-state index is -1.19. The highest BCUT2D eigenvalue weighted by atomic mass is 19.1. The first kappa shape index (κ1) is 14.4. The summed E-state index contributed by atoms with van der Waals surface area (Å²) in [5, 5.41) is 12.4. The predicted octanol–water partition coefficient (Wildman–Crippen LogP) is 2.38. The van der Waals surface area contributed by atoms with Gasteiger partial charge in [0.05, 0.1) is 0 Å². The smallest absolute Gasteiger partial charge is 0.407 e. The molecule has 1 aromatic carbocycles. The van der Waals surface area contributed by atoms with Crippen molar-refractivity contribution in [2.75, 3.05) is 0 Å². The standard InChI is InChI=1S/C13H18FNO3/c1-8(2)15-13(17)18-9(3)12(16)10-6-4-5-7-11(10)14/h4-9,12,16H,1-3H3,(H,15,17)/t9-,12+/m0/s1. The van der Waals surface area contributed by atoms with Crippen molar-refractivity contribution in [3.05, 3.63) is 35.6 Å². The molecule has 4 nitrogen and oxygen atoms in total. The molecule has 5 heteroatoms. The molecule has 18 heavy (non-hydrogen) atoms. The SMILES string of the molecule is CC(C)NC(=O)O[C@@H](C)[C@@H](O)c1ccccc1F. The van der Waals surface area contributed by atoms with Crippen LogP contribution in [-0.2, 0) is 4.74 Å². The van der Waals surface area contributed by atoms with Crippen molar-refractivity contribution in [2.45, 2.75) is 39.0 Å². The number of aliphatic hydroxyl groups is 1. The molecule has 0 radical (unpaired) electrons. The third kappa shape index (κ3) is 4.00. The van der Waals surface area contributed by atoms with Crippen molar-refractivity contribution < 1.29 is 19.0 Å². The van der Waals surface area contributed by atoms with Crippen molar-refractivity contribution >= 4 is 6.09 Å². The molecule has 0 aliphatic rings. The Bertz CT molecular complexity index is 409. The number of hydrogen-bond donors (Lipinski definition) is 2. The van der Waals surface area contributed by atoms with Gasteiger partial charge in [-0.1, -0.05) is 18.2 Å². The van der Waals surface area contributed by atoms with Crippen LogP contribution in [-0.4, -0.2) is 23.3 Å². The summed E-state index contributed by atoms with van der Waals surface area (Å²) in [6.45, 7) is 5.09. The quantitative estimate of drug-likeness (QED) is 0.868. The molecule has 0 aromatic heterocycles. The molecule has 1 amide bonds. The molecule has 100 valence electrons. The summed E-state index contributed by atoms with van der Waals surface area (Å²) in [6, 6.07) is 5.79. The van der Waals surface area contributed by atoms with Gasteiger partial charge in [-0.05, 0) is 26.8 Å². The first-order valence-electron chi connectivity index (χ1n) is 5.81. The summed E-state index contributed by atoms with van der Waals surface area (Å²) >= 11 is 0. The largest absolute Gasteiger partial charge is 0.443 e. The van der Waals surface area contributed by atoms with Gasteiger partial charge in [0.25, 0.3) is 0 Å². The third-order valence-corrected chi connectivity index (χ3v) is 2.37. The number of alkyl carbamates (subject to hydrolysis) is 1. The van der Waals surface area contributed by atoms with Crippen LogP contribution in [0.5, 0.6) is 0 Å². The van der Waals surface area contributed by atoms with E-state index in [2.05, 4.69) is 5.32 Å². The number of amides is 1. The van der Waals surface area contributed by atoms with Crippen LogP contribution in [0.2, 0.25) is 0 Å². The highest BCUT2D eigenvalue weighted by Crippen LogP contribution is 2.21. The molecule has 0 fully saturated rings. The molecule has 0 aliphatic heterocycles. The second-order valence-electron chi connectivity index (χ2n) is 4.38.